The standard InChI is InChI=1S/C28H28N4O4/c1-4-36-28(34)26-23(19-8-6-5-7-9-19)25(30-31-26)24(20-12-10-18(2)11-13-20)29-32-27(33)21-14-16-22(35-3)17-15-21/h5-17,23,26,31H,4H2,1-3H3,(H,32,33)/b29-24+. The molecule has 3 aromatic carbocycles. The Bertz CT molecular complexity index is 1270. The summed E-state index contributed by atoms with van der Waals surface area (Å²) in [5.74, 6) is -0.608. The topological polar surface area (TPSA) is 101 Å². The monoisotopic (exact) mass is 484 g/mol. The smallest absolute Gasteiger partial charge is 0.331 e. The van der Waals surface area contributed by atoms with Crippen molar-refractivity contribution in [3.63, 3.8) is 0 Å². The molecule has 0 aliphatic carbocycles. The number of carbonyl (C=O) groups is 2. The van der Waals surface area contributed by atoms with Crippen LogP contribution in [-0.4, -0.2) is 43.1 Å². The number of ether oxygens (including phenoxy) is 2. The van der Waals surface area contributed by atoms with Crippen molar-refractivity contribution < 1.29 is 19.1 Å². The molecule has 1 amide bonds. The molecular weight excluding hydrogens is 456 g/mol. The Kier molecular flexibility index (Phi) is 7.75. The molecule has 2 unspecified atom stereocenters. The normalized spacial score (nSPS) is 17.1. The highest BCUT2D eigenvalue weighted by molar-refractivity contribution is 6.50. The van der Waals surface area contributed by atoms with Gasteiger partial charge in [-0.25, -0.2) is 10.2 Å². The van der Waals surface area contributed by atoms with Crippen molar-refractivity contribution in [2.75, 3.05) is 13.7 Å². The Balaban J connectivity index is 1.72. The van der Waals surface area contributed by atoms with Gasteiger partial charge in [0, 0.05) is 11.1 Å². The fourth-order valence-corrected chi connectivity index (χ4v) is 3.97. The van der Waals surface area contributed by atoms with Crippen LogP contribution < -0.4 is 15.6 Å². The lowest BCUT2D eigenvalue weighted by molar-refractivity contribution is -0.145. The predicted molar refractivity (Wildman–Crippen MR) is 138 cm³/mol. The van der Waals surface area contributed by atoms with Crippen LogP contribution in [-0.2, 0) is 9.53 Å². The molecule has 184 valence electrons. The number of nitrogens with one attached hydrogen (secondary N) is 2. The number of rotatable bonds is 8. The van der Waals surface area contributed by atoms with Crippen molar-refractivity contribution in [1.82, 2.24) is 10.9 Å². The molecule has 36 heavy (non-hydrogen) atoms. The molecule has 8 nitrogen and oxygen atoms in total. The van der Waals surface area contributed by atoms with E-state index in [0.29, 0.717) is 22.7 Å². The third-order valence-corrected chi connectivity index (χ3v) is 5.84. The van der Waals surface area contributed by atoms with Crippen LogP contribution in [0.3, 0.4) is 0 Å². The minimum Gasteiger partial charge on any atom is -0.497 e. The summed E-state index contributed by atoms with van der Waals surface area (Å²) in [6.45, 7) is 4.01. The summed E-state index contributed by atoms with van der Waals surface area (Å²) in [7, 11) is 1.57. The summed E-state index contributed by atoms with van der Waals surface area (Å²) in [6.07, 6.45) is 0. The van der Waals surface area contributed by atoms with Gasteiger partial charge in [0.05, 0.1) is 25.3 Å². The molecule has 0 fully saturated rings. The maximum Gasteiger partial charge on any atom is 0.331 e. The fourth-order valence-electron chi connectivity index (χ4n) is 3.97. The van der Waals surface area contributed by atoms with Gasteiger partial charge in [-0.15, -0.1) is 0 Å². The third kappa shape index (κ3) is 5.43. The van der Waals surface area contributed by atoms with E-state index in [1.165, 1.54) is 0 Å². The van der Waals surface area contributed by atoms with Crippen LogP contribution in [0.4, 0.5) is 0 Å². The van der Waals surface area contributed by atoms with Gasteiger partial charge in [0.25, 0.3) is 5.91 Å². The van der Waals surface area contributed by atoms with E-state index >= 15 is 0 Å². The van der Waals surface area contributed by atoms with Gasteiger partial charge in [-0.3, -0.25) is 10.2 Å². The van der Waals surface area contributed by atoms with Crippen molar-refractivity contribution in [2.45, 2.75) is 25.8 Å². The summed E-state index contributed by atoms with van der Waals surface area (Å²) in [5, 5.41) is 9.02. The number of esters is 1. The second-order valence-corrected chi connectivity index (χ2v) is 8.24. The molecule has 1 aliphatic heterocycles. The number of hydrogen-bond donors (Lipinski definition) is 2. The molecule has 0 saturated carbocycles. The number of hydrazone groups is 2. The van der Waals surface area contributed by atoms with E-state index in [9.17, 15) is 9.59 Å². The first-order valence-corrected chi connectivity index (χ1v) is 11.7. The largest absolute Gasteiger partial charge is 0.497 e. The number of benzene rings is 3. The lowest BCUT2D eigenvalue weighted by atomic mass is 9.84. The predicted octanol–water partition coefficient (Wildman–Crippen LogP) is 3.81. The fraction of sp³-hybridized carbons (Fsp3) is 0.214. The van der Waals surface area contributed by atoms with E-state index in [4.69, 9.17) is 9.47 Å². The SMILES string of the molecule is CCOC(=O)C1NN=C(/C(=N/NC(=O)c2ccc(OC)cc2)c2ccc(C)cc2)C1c1ccccc1. The number of amides is 1. The Morgan fingerprint density at radius 2 is 1.64 bits per heavy atom. The van der Waals surface area contributed by atoms with E-state index in [0.717, 1.165) is 16.7 Å². The van der Waals surface area contributed by atoms with E-state index in [1.54, 1.807) is 38.3 Å². The van der Waals surface area contributed by atoms with Crippen molar-refractivity contribution in [2.24, 2.45) is 10.2 Å². The van der Waals surface area contributed by atoms with E-state index < -0.39 is 17.9 Å². The van der Waals surface area contributed by atoms with Gasteiger partial charge in [-0.2, -0.15) is 10.2 Å². The van der Waals surface area contributed by atoms with Crippen LogP contribution in [0.15, 0.2) is 89.1 Å². The van der Waals surface area contributed by atoms with Crippen molar-refractivity contribution in [3.8, 4) is 5.75 Å². The van der Waals surface area contributed by atoms with Gasteiger partial charge in [0.15, 0.2) is 6.04 Å². The molecule has 2 N–H and O–H groups in total. The summed E-state index contributed by atoms with van der Waals surface area (Å²) >= 11 is 0. The molecule has 2 atom stereocenters. The second-order valence-electron chi connectivity index (χ2n) is 8.24. The quantitative estimate of drug-likeness (QED) is 0.288. The average Bonchev–Trinajstić information content (AvgIpc) is 3.35. The maximum absolute atomic E-state index is 12.9. The van der Waals surface area contributed by atoms with Crippen molar-refractivity contribution in [1.29, 1.82) is 0 Å². The van der Waals surface area contributed by atoms with Gasteiger partial charge < -0.3 is 9.47 Å². The zero-order valence-corrected chi connectivity index (χ0v) is 20.4. The molecule has 0 spiro atoms. The minimum absolute atomic E-state index is 0.255. The number of nitrogens with zero attached hydrogens (tertiary/aromatic N) is 2. The summed E-state index contributed by atoms with van der Waals surface area (Å²) in [5.41, 5.74) is 9.70. The molecule has 0 bridgehead atoms. The molecule has 0 aromatic heterocycles. The maximum atomic E-state index is 12.9. The lowest BCUT2D eigenvalue weighted by Gasteiger charge is -2.20. The highest BCUT2D eigenvalue weighted by atomic mass is 16.5. The molecule has 0 saturated heterocycles. The molecular formula is C28H28N4O4. The van der Waals surface area contributed by atoms with Crippen LogP contribution in [0.25, 0.3) is 0 Å². The van der Waals surface area contributed by atoms with Crippen LogP contribution >= 0.6 is 0 Å². The van der Waals surface area contributed by atoms with Crippen molar-refractivity contribution in [3.05, 3.63) is 101 Å². The van der Waals surface area contributed by atoms with Crippen LogP contribution in [0, 0.1) is 6.92 Å². The Labute approximate surface area is 210 Å². The van der Waals surface area contributed by atoms with Gasteiger partial charge in [0.2, 0.25) is 0 Å². The van der Waals surface area contributed by atoms with Gasteiger partial charge in [-0.05, 0) is 43.7 Å². The van der Waals surface area contributed by atoms with Crippen LogP contribution in [0.1, 0.15) is 39.9 Å². The van der Waals surface area contributed by atoms with E-state index in [-0.39, 0.29) is 12.5 Å². The molecule has 1 heterocycles. The number of hydrogen-bond acceptors (Lipinski definition) is 7. The lowest BCUT2D eigenvalue weighted by Crippen LogP contribution is -2.39. The van der Waals surface area contributed by atoms with E-state index in [1.807, 2.05) is 61.5 Å². The first-order valence-electron chi connectivity index (χ1n) is 11.7. The summed E-state index contributed by atoms with van der Waals surface area (Å²) in [4.78, 5) is 25.7. The Morgan fingerprint density at radius 1 is 0.972 bits per heavy atom. The molecule has 1 aliphatic rings. The molecule has 8 heteroatoms. The van der Waals surface area contributed by atoms with Gasteiger partial charge >= 0.3 is 5.97 Å². The minimum atomic E-state index is -0.727. The Hall–Kier alpha value is -4.46. The summed E-state index contributed by atoms with van der Waals surface area (Å²) in [6, 6.07) is 23.3. The van der Waals surface area contributed by atoms with Crippen LogP contribution in [0.2, 0.25) is 0 Å². The van der Waals surface area contributed by atoms with Crippen LogP contribution in [0.5, 0.6) is 5.75 Å². The molecule has 3 aromatic rings. The Morgan fingerprint density at radius 3 is 2.28 bits per heavy atom. The van der Waals surface area contributed by atoms with E-state index in [2.05, 4.69) is 21.1 Å². The molecule has 4 rings (SSSR count). The van der Waals surface area contributed by atoms with Gasteiger partial charge in [0.1, 0.15) is 11.5 Å². The first kappa shape index (κ1) is 24.7. The van der Waals surface area contributed by atoms with Gasteiger partial charge in [-0.1, -0.05) is 60.2 Å². The number of carbonyl (C=O) groups excluding carboxylic acids is 2. The summed E-state index contributed by atoms with van der Waals surface area (Å²) < 4.78 is 10.5. The zero-order valence-electron chi connectivity index (χ0n) is 20.4. The second kappa shape index (κ2) is 11.3. The first-order chi connectivity index (χ1) is 17.5. The van der Waals surface area contributed by atoms with Crippen molar-refractivity contribution >= 4 is 23.3 Å². The highest BCUT2D eigenvalue weighted by Gasteiger charge is 2.41. The highest BCUT2D eigenvalue weighted by Crippen LogP contribution is 2.29. The zero-order chi connectivity index (χ0) is 25.5. The number of aryl methyl sites for hydroxylation is 1. The number of methoxy groups -OCH3 is 1. The molecule has 0 radical (unpaired) electrons. The third-order valence-electron chi connectivity index (χ3n) is 5.84. The average molecular weight is 485 g/mol.